The Balaban J connectivity index is 1.73. The summed E-state index contributed by atoms with van der Waals surface area (Å²) in [5.41, 5.74) is 2.75. The second-order valence-corrected chi connectivity index (χ2v) is 6.47. The fourth-order valence-corrected chi connectivity index (χ4v) is 3.98. The zero-order valence-corrected chi connectivity index (χ0v) is 13.7. The molecule has 2 aliphatic rings. The number of aromatic nitrogens is 1. The highest BCUT2D eigenvalue weighted by molar-refractivity contribution is 5.99. The van der Waals surface area contributed by atoms with Gasteiger partial charge in [-0.2, -0.15) is 0 Å². The third kappa shape index (κ3) is 2.42. The van der Waals surface area contributed by atoms with E-state index in [1.165, 1.54) is 6.42 Å². The molecule has 0 aliphatic carbocycles. The lowest BCUT2D eigenvalue weighted by atomic mass is 10.0. The number of aryl methyl sites for hydroxylation is 1. The topological polar surface area (TPSA) is 54.3 Å². The molecule has 2 amide bonds. The molecule has 0 bridgehead atoms. The van der Waals surface area contributed by atoms with Gasteiger partial charge >= 0.3 is 0 Å². The van der Waals surface area contributed by atoms with E-state index in [-0.39, 0.29) is 17.9 Å². The Labute approximate surface area is 131 Å². The summed E-state index contributed by atoms with van der Waals surface area (Å²) in [4.78, 5) is 26.9. The lowest BCUT2D eigenvalue weighted by Gasteiger charge is -2.28. The monoisotopic (exact) mass is 303 g/mol. The van der Waals surface area contributed by atoms with Crippen LogP contribution in [0, 0.1) is 13.8 Å². The number of rotatable bonds is 3. The highest BCUT2D eigenvalue weighted by atomic mass is 16.2. The maximum atomic E-state index is 12.6. The molecule has 1 aromatic rings. The van der Waals surface area contributed by atoms with Gasteiger partial charge in [0.25, 0.3) is 5.91 Å². The summed E-state index contributed by atoms with van der Waals surface area (Å²) in [5, 5.41) is 2.96. The maximum absolute atomic E-state index is 12.6. The van der Waals surface area contributed by atoms with Gasteiger partial charge in [0.05, 0.1) is 5.56 Å². The number of carbonyl (C=O) groups is 2. The average molecular weight is 303 g/mol. The van der Waals surface area contributed by atoms with Crippen molar-refractivity contribution in [2.24, 2.45) is 0 Å². The maximum Gasteiger partial charge on any atom is 0.253 e. The van der Waals surface area contributed by atoms with Gasteiger partial charge in [-0.1, -0.05) is 0 Å². The van der Waals surface area contributed by atoms with Crippen LogP contribution < -0.4 is 5.32 Å². The van der Waals surface area contributed by atoms with Crippen molar-refractivity contribution in [1.29, 1.82) is 0 Å². The van der Waals surface area contributed by atoms with Crippen molar-refractivity contribution < 1.29 is 9.59 Å². The van der Waals surface area contributed by atoms with E-state index in [2.05, 4.69) is 16.8 Å². The van der Waals surface area contributed by atoms with E-state index in [0.29, 0.717) is 11.6 Å². The number of amides is 2. The lowest BCUT2D eigenvalue weighted by Crippen LogP contribution is -2.43. The molecule has 3 heterocycles. The number of fused-ring (bicyclic) bond motifs is 1. The number of nitrogens with one attached hydrogen (secondary N) is 1. The summed E-state index contributed by atoms with van der Waals surface area (Å²) in [5.74, 6) is -0.0200. The molecule has 22 heavy (non-hydrogen) atoms. The van der Waals surface area contributed by atoms with Crippen molar-refractivity contribution in [3.05, 3.63) is 23.0 Å². The van der Waals surface area contributed by atoms with Gasteiger partial charge in [-0.15, -0.1) is 0 Å². The van der Waals surface area contributed by atoms with Gasteiger partial charge in [0.2, 0.25) is 5.91 Å². The first kappa shape index (κ1) is 15.1. The molecule has 0 radical (unpaired) electrons. The van der Waals surface area contributed by atoms with E-state index in [9.17, 15) is 9.59 Å². The summed E-state index contributed by atoms with van der Waals surface area (Å²) < 4.78 is 2.12. The molecular weight excluding hydrogens is 278 g/mol. The first-order valence-electron chi connectivity index (χ1n) is 8.31. The fourth-order valence-electron chi connectivity index (χ4n) is 3.98. The van der Waals surface area contributed by atoms with Crippen molar-refractivity contribution in [2.75, 3.05) is 6.54 Å². The molecule has 5 heteroatoms. The third-order valence-electron chi connectivity index (χ3n) is 5.16. The van der Waals surface area contributed by atoms with Gasteiger partial charge in [-0.05, 0) is 52.5 Å². The molecule has 5 nitrogen and oxygen atoms in total. The molecule has 2 atom stereocenters. The summed E-state index contributed by atoms with van der Waals surface area (Å²) in [6.07, 6.45) is 4.10. The Kier molecular flexibility index (Phi) is 3.98. The zero-order chi connectivity index (χ0) is 15.9. The van der Waals surface area contributed by atoms with Gasteiger partial charge < -0.3 is 14.8 Å². The second-order valence-electron chi connectivity index (χ2n) is 6.47. The third-order valence-corrected chi connectivity index (χ3v) is 5.16. The van der Waals surface area contributed by atoms with Crippen LogP contribution in [0.25, 0.3) is 0 Å². The Bertz CT molecular complexity index is 605. The largest absolute Gasteiger partial charge is 0.349 e. The van der Waals surface area contributed by atoms with Gasteiger partial charge in [0.1, 0.15) is 6.04 Å². The molecule has 0 aromatic carbocycles. The molecule has 2 saturated heterocycles. The predicted octanol–water partition coefficient (Wildman–Crippen LogP) is 2.01. The van der Waals surface area contributed by atoms with Crippen LogP contribution in [0.4, 0.5) is 0 Å². The Morgan fingerprint density at radius 1 is 1.36 bits per heavy atom. The number of carbonyl (C=O) groups excluding carboxylic acids is 2. The molecule has 2 unspecified atom stereocenters. The minimum absolute atomic E-state index is 0.0994. The minimum atomic E-state index is -0.347. The number of piperidine rings is 1. The highest BCUT2D eigenvalue weighted by Gasteiger charge is 2.41. The van der Waals surface area contributed by atoms with E-state index in [4.69, 9.17) is 0 Å². The van der Waals surface area contributed by atoms with E-state index in [1.807, 2.05) is 24.8 Å². The summed E-state index contributed by atoms with van der Waals surface area (Å²) in [6, 6.07) is 1.90. The zero-order valence-electron chi connectivity index (χ0n) is 13.7. The molecule has 2 fully saturated rings. The highest BCUT2D eigenvalue weighted by Crippen LogP contribution is 2.28. The van der Waals surface area contributed by atoms with Gasteiger partial charge in [-0.3, -0.25) is 9.59 Å². The SMILES string of the molecule is CCn1c(C)cc(C(=O)NC2CC3CCCCN3C2=O)c1C. The van der Waals surface area contributed by atoms with Crippen LogP contribution in [0.5, 0.6) is 0 Å². The molecule has 1 N–H and O–H groups in total. The average Bonchev–Trinajstić information content (AvgIpc) is 2.97. The minimum Gasteiger partial charge on any atom is -0.349 e. The summed E-state index contributed by atoms with van der Waals surface area (Å²) in [7, 11) is 0. The molecule has 1 aromatic heterocycles. The van der Waals surface area contributed by atoms with Crippen LogP contribution in [0.1, 0.15) is 54.4 Å². The smallest absolute Gasteiger partial charge is 0.253 e. The van der Waals surface area contributed by atoms with E-state index >= 15 is 0 Å². The van der Waals surface area contributed by atoms with Crippen LogP contribution in [0.3, 0.4) is 0 Å². The van der Waals surface area contributed by atoms with Crippen molar-refractivity contribution in [3.8, 4) is 0 Å². The first-order valence-corrected chi connectivity index (χ1v) is 8.31. The molecule has 2 aliphatic heterocycles. The molecule has 0 spiro atoms. The standard InChI is InChI=1S/C17H25N3O2/c1-4-19-11(2)9-14(12(19)3)16(21)18-15-10-13-7-5-6-8-20(13)17(15)22/h9,13,15H,4-8,10H2,1-3H3,(H,18,21). The van der Waals surface area contributed by atoms with Crippen LogP contribution in [0.2, 0.25) is 0 Å². The summed E-state index contributed by atoms with van der Waals surface area (Å²) in [6.45, 7) is 7.74. The molecular formula is C17H25N3O2. The van der Waals surface area contributed by atoms with Crippen molar-refractivity contribution in [2.45, 2.75) is 65.1 Å². The van der Waals surface area contributed by atoms with E-state index < -0.39 is 0 Å². The van der Waals surface area contributed by atoms with Crippen LogP contribution in [-0.4, -0.2) is 39.9 Å². The Morgan fingerprint density at radius 3 is 2.77 bits per heavy atom. The quantitative estimate of drug-likeness (QED) is 0.928. The number of hydrogen-bond donors (Lipinski definition) is 1. The lowest BCUT2D eigenvalue weighted by molar-refractivity contribution is -0.131. The fraction of sp³-hybridized carbons (Fsp3) is 0.647. The van der Waals surface area contributed by atoms with E-state index in [1.54, 1.807) is 0 Å². The van der Waals surface area contributed by atoms with Gasteiger partial charge in [0, 0.05) is 30.5 Å². The van der Waals surface area contributed by atoms with Gasteiger partial charge in [0.15, 0.2) is 0 Å². The van der Waals surface area contributed by atoms with Crippen LogP contribution >= 0.6 is 0 Å². The summed E-state index contributed by atoms with van der Waals surface area (Å²) >= 11 is 0. The van der Waals surface area contributed by atoms with E-state index in [0.717, 1.165) is 43.7 Å². The molecule has 3 rings (SSSR count). The van der Waals surface area contributed by atoms with Crippen molar-refractivity contribution >= 4 is 11.8 Å². The normalized spacial score (nSPS) is 24.5. The van der Waals surface area contributed by atoms with Crippen LogP contribution in [0.15, 0.2) is 6.07 Å². The molecule has 120 valence electrons. The van der Waals surface area contributed by atoms with Gasteiger partial charge in [-0.25, -0.2) is 0 Å². The first-order chi connectivity index (χ1) is 10.5. The van der Waals surface area contributed by atoms with Crippen molar-refractivity contribution in [1.82, 2.24) is 14.8 Å². The Morgan fingerprint density at radius 2 is 2.14 bits per heavy atom. The number of hydrogen-bond acceptors (Lipinski definition) is 2. The second kappa shape index (κ2) is 5.78. The Hall–Kier alpha value is -1.78. The predicted molar refractivity (Wildman–Crippen MR) is 84.8 cm³/mol. The number of nitrogens with zero attached hydrogens (tertiary/aromatic N) is 2. The van der Waals surface area contributed by atoms with Crippen molar-refractivity contribution in [3.63, 3.8) is 0 Å². The molecule has 0 saturated carbocycles. The van der Waals surface area contributed by atoms with Crippen LogP contribution in [-0.2, 0) is 11.3 Å².